The Labute approximate surface area is 108 Å². The predicted molar refractivity (Wildman–Crippen MR) is 74.0 cm³/mol. The fourth-order valence-electron chi connectivity index (χ4n) is 2.01. The molecule has 0 saturated carbocycles. The van der Waals surface area contributed by atoms with E-state index in [0.29, 0.717) is 0 Å². The highest BCUT2D eigenvalue weighted by atomic mass is 16.3. The first kappa shape index (κ1) is 12.6. The van der Waals surface area contributed by atoms with Crippen molar-refractivity contribution < 1.29 is 5.11 Å². The van der Waals surface area contributed by atoms with Crippen molar-refractivity contribution in [3.05, 3.63) is 53.9 Å². The van der Waals surface area contributed by atoms with Crippen molar-refractivity contribution in [1.82, 2.24) is 4.98 Å². The Bertz CT molecular complexity index is 508. The number of pyridine rings is 1. The van der Waals surface area contributed by atoms with Gasteiger partial charge in [-0.15, -0.1) is 0 Å². The summed E-state index contributed by atoms with van der Waals surface area (Å²) in [5.74, 6) is 0. The van der Waals surface area contributed by atoms with Crippen LogP contribution in [0.1, 0.15) is 18.1 Å². The molecule has 0 radical (unpaired) electrons. The second kappa shape index (κ2) is 5.65. The van der Waals surface area contributed by atoms with Gasteiger partial charge in [-0.3, -0.25) is 4.98 Å². The lowest BCUT2D eigenvalue weighted by molar-refractivity contribution is 0.282. The van der Waals surface area contributed by atoms with Crippen molar-refractivity contribution in [2.75, 3.05) is 11.4 Å². The zero-order valence-electron chi connectivity index (χ0n) is 10.8. The number of benzene rings is 1. The lowest BCUT2D eigenvalue weighted by atomic mass is 10.1. The van der Waals surface area contributed by atoms with Crippen LogP contribution in [0.5, 0.6) is 0 Å². The Morgan fingerprint density at radius 1 is 1.17 bits per heavy atom. The number of aryl methyl sites for hydroxylation is 1. The Hall–Kier alpha value is -1.87. The summed E-state index contributed by atoms with van der Waals surface area (Å²) in [7, 11) is 0. The van der Waals surface area contributed by atoms with Crippen LogP contribution in [0.3, 0.4) is 0 Å². The van der Waals surface area contributed by atoms with E-state index in [9.17, 15) is 5.11 Å². The molecule has 0 unspecified atom stereocenters. The highest BCUT2D eigenvalue weighted by Crippen LogP contribution is 2.27. The third-order valence-corrected chi connectivity index (χ3v) is 3.01. The summed E-state index contributed by atoms with van der Waals surface area (Å²) in [5.41, 5.74) is 4.22. The van der Waals surface area contributed by atoms with Crippen molar-refractivity contribution in [3.8, 4) is 0 Å². The molecular weight excluding hydrogens is 224 g/mol. The number of aliphatic hydroxyl groups is 1. The fourth-order valence-corrected chi connectivity index (χ4v) is 2.01. The summed E-state index contributed by atoms with van der Waals surface area (Å²) >= 11 is 0. The molecule has 0 fully saturated rings. The molecular formula is C15H18N2O. The summed E-state index contributed by atoms with van der Waals surface area (Å²) in [5, 5.41) is 9.40. The summed E-state index contributed by atoms with van der Waals surface area (Å²) in [6.45, 7) is 5.03. The average Bonchev–Trinajstić information content (AvgIpc) is 2.42. The van der Waals surface area contributed by atoms with Crippen molar-refractivity contribution in [2.45, 2.75) is 20.5 Å². The van der Waals surface area contributed by atoms with Crippen LogP contribution in [0.15, 0.2) is 42.7 Å². The van der Waals surface area contributed by atoms with E-state index < -0.39 is 0 Å². The van der Waals surface area contributed by atoms with Gasteiger partial charge in [0, 0.05) is 24.0 Å². The van der Waals surface area contributed by atoms with Gasteiger partial charge in [0.05, 0.1) is 18.5 Å². The molecule has 0 atom stereocenters. The molecule has 0 aliphatic heterocycles. The number of nitrogens with zero attached hydrogens (tertiary/aromatic N) is 2. The molecule has 3 nitrogen and oxygen atoms in total. The molecule has 1 aromatic heterocycles. The third kappa shape index (κ3) is 2.51. The van der Waals surface area contributed by atoms with E-state index in [0.717, 1.165) is 23.5 Å². The second-order valence-corrected chi connectivity index (χ2v) is 4.24. The topological polar surface area (TPSA) is 36.4 Å². The SMILES string of the molecule is CCN(c1ccc(C)cc1)c1cnccc1CO. The van der Waals surface area contributed by atoms with E-state index in [2.05, 4.69) is 48.0 Å². The van der Waals surface area contributed by atoms with Crippen molar-refractivity contribution >= 4 is 11.4 Å². The number of hydrogen-bond donors (Lipinski definition) is 1. The number of aromatic nitrogens is 1. The van der Waals surface area contributed by atoms with Gasteiger partial charge < -0.3 is 10.0 Å². The summed E-state index contributed by atoms with van der Waals surface area (Å²) < 4.78 is 0. The Morgan fingerprint density at radius 2 is 1.89 bits per heavy atom. The minimum Gasteiger partial charge on any atom is -0.392 e. The maximum absolute atomic E-state index is 9.40. The molecule has 0 aliphatic carbocycles. The molecule has 0 saturated heterocycles. The van der Waals surface area contributed by atoms with Gasteiger partial charge in [-0.1, -0.05) is 17.7 Å². The highest BCUT2D eigenvalue weighted by Gasteiger charge is 2.11. The van der Waals surface area contributed by atoms with E-state index in [-0.39, 0.29) is 6.61 Å². The van der Waals surface area contributed by atoms with E-state index in [1.165, 1.54) is 5.56 Å². The highest BCUT2D eigenvalue weighted by molar-refractivity contribution is 5.65. The van der Waals surface area contributed by atoms with E-state index in [4.69, 9.17) is 0 Å². The lowest BCUT2D eigenvalue weighted by Crippen LogP contribution is -2.18. The molecule has 94 valence electrons. The van der Waals surface area contributed by atoms with Gasteiger partial charge in [0.2, 0.25) is 0 Å². The third-order valence-electron chi connectivity index (χ3n) is 3.01. The zero-order chi connectivity index (χ0) is 13.0. The Balaban J connectivity index is 2.41. The first-order valence-corrected chi connectivity index (χ1v) is 6.14. The van der Waals surface area contributed by atoms with E-state index in [1.54, 1.807) is 12.4 Å². The molecule has 3 heteroatoms. The van der Waals surface area contributed by atoms with Gasteiger partial charge >= 0.3 is 0 Å². The molecule has 0 aliphatic rings. The molecule has 1 N–H and O–H groups in total. The smallest absolute Gasteiger partial charge is 0.0703 e. The first-order valence-electron chi connectivity index (χ1n) is 6.14. The zero-order valence-corrected chi connectivity index (χ0v) is 10.8. The summed E-state index contributed by atoms with van der Waals surface area (Å²) in [4.78, 5) is 6.30. The van der Waals surface area contributed by atoms with Gasteiger partial charge in [0.25, 0.3) is 0 Å². The van der Waals surface area contributed by atoms with Crippen LogP contribution in [0, 0.1) is 6.92 Å². The monoisotopic (exact) mass is 242 g/mol. The van der Waals surface area contributed by atoms with Gasteiger partial charge in [-0.25, -0.2) is 0 Å². The van der Waals surface area contributed by atoms with Gasteiger partial charge in [-0.05, 0) is 32.0 Å². The largest absolute Gasteiger partial charge is 0.392 e. The van der Waals surface area contributed by atoms with E-state index in [1.807, 2.05) is 6.07 Å². The van der Waals surface area contributed by atoms with Gasteiger partial charge in [-0.2, -0.15) is 0 Å². The summed E-state index contributed by atoms with van der Waals surface area (Å²) in [6.07, 6.45) is 3.51. The molecule has 18 heavy (non-hydrogen) atoms. The molecule has 0 bridgehead atoms. The van der Waals surface area contributed by atoms with Crippen LogP contribution in [0.4, 0.5) is 11.4 Å². The second-order valence-electron chi connectivity index (χ2n) is 4.24. The quantitative estimate of drug-likeness (QED) is 0.895. The normalized spacial score (nSPS) is 10.4. The predicted octanol–water partition coefficient (Wildman–Crippen LogP) is 3.04. The minimum atomic E-state index is 0.0280. The number of rotatable bonds is 4. The van der Waals surface area contributed by atoms with Crippen molar-refractivity contribution in [3.63, 3.8) is 0 Å². The average molecular weight is 242 g/mol. The van der Waals surface area contributed by atoms with Crippen LogP contribution >= 0.6 is 0 Å². The number of aliphatic hydroxyl groups excluding tert-OH is 1. The van der Waals surface area contributed by atoms with Gasteiger partial charge in [0.15, 0.2) is 0 Å². The van der Waals surface area contributed by atoms with Crippen LogP contribution in [0.25, 0.3) is 0 Å². The van der Waals surface area contributed by atoms with Crippen LogP contribution in [0.2, 0.25) is 0 Å². The van der Waals surface area contributed by atoms with Crippen molar-refractivity contribution in [1.29, 1.82) is 0 Å². The molecule has 1 aromatic carbocycles. The van der Waals surface area contributed by atoms with Gasteiger partial charge in [0.1, 0.15) is 0 Å². The van der Waals surface area contributed by atoms with E-state index >= 15 is 0 Å². The Kier molecular flexibility index (Phi) is 3.95. The maximum atomic E-state index is 9.40. The van der Waals surface area contributed by atoms with Crippen LogP contribution in [-0.4, -0.2) is 16.6 Å². The number of anilines is 2. The lowest BCUT2D eigenvalue weighted by Gasteiger charge is -2.25. The standard InChI is InChI=1S/C15H18N2O/c1-3-17(14-6-4-12(2)5-7-14)15-10-16-9-8-13(15)11-18/h4-10,18H,3,11H2,1-2H3. The number of hydrogen-bond acceptors (Lipinski definition) is 3. The molecule has 0 amide bonds. The fraction of sp³-hybridized carbons (Fsp3) is 0.267. The minimum absolute atomic E-state index is 0.0280. The van der Waals surface area contributed by atoms with Crippen LogP contribution < -0.4 is 4.90 Å². The van der Waals surface area contributed by atoms with Crippen LogP contribution in [-0.2, 0) is 6.61 Å². The Morgan fingerprint density at radius 3 is 2.50 bits per heavy atom. The molecule has 1 heterocycles. The molecule has 0 spiro atoms. The van der Waals surface area contributed by atoms with Crippen molar-refractivity contribution in [2.24, 2.45) is 0 Å². The molecule has 2 aromatic rings. The first-order chi connectivity index (χ1) is 8.76. The maximum Gasteiger partial charge on any atom is 0.0703 e. The summed E-state index contributed by atoms with van der Waals surface area (Å²) in [6, 6.07) is 10.2. The molecule has 2 rings (SSSR count).